The van der Waals surface area contributed by atoms with Crippen molar-refractivity contribution in [1.82, 2.24) is 10.1 Å². The Kier molecular flexibility index (Phi) is 3.41. The largest absolute Gasteiger partial charge is 0.444 e. The van der Waals surface area contributed by atoms with Crippen molar-refractivity contribution in [3.8, 4) is 0 Å². The van der Waals surface area contributed by atoms with Crippen molar-refractivity contribution in [3.63, 3.8) is 0 Å². The maximum Gasteiger partial charge on any atom is 0.410 e. The predicted molar refractivity (Wildman–Crippen MR) is 73.7 cm³/mol. The first kappa shape index (κ1) is 15.2. The molecule has 2 fully saturated rings. The van der Waals surface area contributed by atoms with Crippen LogP contribution in [0.15, 0.2) is 4.52 Å². The summed E-state index contributed by atoms with van der Waals surface area (Å²) in [5.74, 6) is 0.308. The Morgan fingerprint density at radius 3 is 2.41 bits per heavy atom. The molecule has 22 heavy (non-hydrogen) atoms. The molecule has 0 radical (unpaired) electrons. The first-order chi connectivity index (χ1) is 10.2. The van der Waals surface area contributed by atoms with Crippen LogP contribution in [0.3, 0.4) is 0 Å². The summed E-state index contributed by atoms with van der Waals surface area (Å²) < 4.78 is 35.6. The highest BCUT2D eigenvalue weighted by Crippen LogP contribution is 2.59. The highest BCUT2D eigenvalue weighted by Gasteiger charge is 2.59. The second kappa shape index (κ2) is 4.93. The van der Waals surface area contributed by atoms with Gasteiger partial charge in [-0.1, -0.05) is 5.16 Å². The molecule has 3 rings (SSSR count). The third kappa shape index (κ3) is 2.57. The van der Waals surface area contributed by atoms with Crippen LogP contribution in [0.25, 0.3) is 0 Å². The molecule has 1 saturated heterocycles. The van der Waals surface area contributed by atoms with Gasteiger partial charge in [-0.15, -0.1) is 0 Å². The zero-order chi connectivity index (χ0) is 16.2. The molecule has 3 atom stereocenters. The van der Waals surface area contributed by atoms with Gasteiger partial charge in [0.05, 0.1) is 5.69 Å². The fourth-order valence-electron chi connectivity index (χ4n) is 3.28. The number of ether oxygens (including phenoxy) is 1. The number of piperidine rings is 1. The van der Waals surface area contributed by atoms with E-state index in [1.807, 2.05) is 20.8 Å². The maximum absolute atomic E-state index is 12.7. The van der Waals surface area contributed by atoms with E-state index in [9.17, 15) is 13.6 Å². The Morgan fingerprint density at radius 1 is 1.36 bits per heavy atom. The van der Waals surface area contributed by atoms with Crippen molar-refractivity contribution in [1.29, 1.82) is 0 Å². The number of hydrogen-bond donors (Lipinski definition) is 0. The van der Waals surface area contributed by atoms with Gasteiger partial charge in [-0.2, -0.15) is 0 Å². The minimum Gasteiger partial charge on any atom is -0.444 e. The predicted octanol–water partition coefficient (Wildman–Crippen LogP) is 3.50. The third-order valence-corrected chi connectivity index (χ3v) is 4.36. The summed E-state index contributed by atoms with van der Waals surface area (Å²) in [4.78, 5) is 13.7. The molecule has 0 spiro atoms. The summed E-state index contributed by atoms with van der Waals surface area (Å²) in [7, 11) is 0. The van der Waals surface area contributed by atoms with Crippen LogP contribution in [0.4, 0.5) is 13.6 Å². The molecule has 5 nitrogen and oxygen atoms in total. The molecule has 122 valence electrons. The number of halogens is 2. The zero-order valence-electron chi connectivity index (χ0n) is 13.1. The molecule has 1 amide bonds. The molecule has 1 saturated carbocycles. The van der Waals surface area contributed by atoms with E-state index in [0.717, 1.165) is 0 Å². The van der Waals surface area contributed by atoms with Gasteiger partial charge < -0.3 is 14.2 Å². The summed E-state index contributed by atoms with van der Waals surface area (Å²) >= 11 is 0. The fourth-order valence-corrected chi connectivity index (χ4v) is 3.28. The summed E-state index contributed by atoms with van der Waals surface area (Å²) in [5.41, 5.74) is 0.547. The molecule has 2 heterocycles. The average Bonchev–Trinajstić information content (AvgIpc) is 2.74. The quantitative estimate of drug-likeness (QED) is 0.838. The zero-order valence-corrected chi connectivity index (χ0v) is 13.1. The summed E-state index contributed by atoms with van der Waals surface area (Å²) in [6.45, 7) is 8.27. The molecule has 0 bridgehead atoms. The number of hydrogen-bond acceptors (Lipinski definition) is 4. The molecular weight excluding hydrogens is 294 g/mol. The minimum atomic E-state index is -2.64. The number of likely N-dealkylation sites (tertiary alicyclic amines) is 1. The molecule has 1 aromatic heterocycles. The van der Waals surface area contributed by atoms with Crippen LogP contribution in [0.5, 0.6) is 0 Å². The van der Waals surface area contributed by atoms with Crippen LogP contribution >= 0.6 is 0 Å². The smallest absolute Gasteiger partial charge is 0.410 e. The van der Waals surface area contributed by atoms with Crippen LogP contribution in [-0.2, 0) is 4.74 Å². The number of nitrogens with zero attached hydrogens (tertiary/aromatic N) is 2. The monoisotopic (exact) mass is 314 g/mol. The highest BCUT2D eigenvalue weighted by atomic mass is 19.3. The van der Waals surface area contributed by atoms with Gasteiger partial charge in [-0.05, 0) is 39.5 Å². The van der Waals surface area contributed by atoms with Crippen LogP contribution in [0.1, 0.15) is 50.1 Å². The topological polar surface area (TPSA) is 55.6 Å². The van der Waals surface area contributed by atoms with E-state index in [1.54, 1.807) is 11.8 Å². The van der Waals surface area contributed by atoms with Gasteiger partial charge in [0, 0.05) is 24.6 Å². The van der Waals surface area contributed by atoms with E-state index in [4.69, 9.17) is 9.26 Å². The van der Waals surface area contributed by atoms with E-state index in [0.29, 0.717) is 24.3 Å². The van der Waals surface area contributed by atoms with Crippen LogP contribution in [0.2, 0.25) is 0 Å². The van der Waals surface area contributed by atoms with Gasteiger partial charge in [-0.3, -0.25) is 0 Å². The van der Waals surface area contributed by atoms with Crippen molar-refractivity contribution in [3.05, 3.63) is 17.0 Å². The molecule has 0 aromatic carbocycles. The molecule has 1 aliphatic heterocycles. The number of rotatable bonds is 2. The lowest BCUT2D eigenvalue weighted by molar-refractivity contribution is 0.0270. The Labute approximate surface area is 127 Å². The first-order valence-corrected chi connectivity index (χ1v) is 7.41. The van der Waals surface area contributed by atoms with E-state index in [2.05, 4.69) is 5.16 Å². The number of carbonyl (C=O) groups is 1. The Hall–Kier alpha value is -1.66. The lowest BCUT2D eigenvalue weighted by Crippen LogP contribution is -2.36. The van der Waals surface area contributed by atoms with Gasteiger partial charge in [0.2, 0.25) is 5.76 Å². The SMILES string of the molecule is Cc1c(C2[C@H]3CN(C(=O)OC(C)(C)C)C[C@@H]23)noc1C(F)F. The lowest BCUT2D eigenvalue weighted by Gasteiger charge is -2.25. The number of alkyl halides is 2. The molecule has 2 aliphatic rings. The second-order valence-corrected chi connectivity index (χ2v) is 7.10. The van der Waals surface area contributed by atoms with Crippen molar-refractivity contribution in [2.24, 2.45) is 11.8 Å². The van der Waals surface area contributed by atoms with Crippen molar-refractivity contribution in [2.75, 3.05) is 13.1 Å². The Balaban J connectivity index is 1.63. The molecular formula is C15H20F2N2O3. The number of fused-ring (bicyclic) bond motifs is 1. The van der Waals surface area contributed by atoms with Crippen molar-refractivity contribution >= 4 is 6.09 Å². The molecule has 0 N–H and O–H groups in total. The lowest BCUT2D eigenvalue weighted by atomic mass is 10.1. The number of amides is 1. The molecule has 1 aromatic rings. The van der Waals surface area contributed by atoms with Gasteiger partial charge in [0.25, 0.3) is 6.43 Å². The van der Waals surface area contributed by atoms with Gasteiger partial charge in [0.1, 0.15) is 5.60 Å². The van der Waals surface area contributed by atoms with Gasteiger partial charge in [-0.25, -0.2) is 13.6 Å². The van der Waals surface area contributed by atoms with E-state index in [1.165, 1.54) is 0 Å². The van der Waals surface area contributed by atoms with Crippen LogP contribution in [-0.4, -0.2) is 34.8 Å². The van der Waals surface area contributed by atoms with Crippen molar-refractivity contribution in [2.45, 2.75) is 45.6 Å². The second-order valence-electron chi connectivity index (χ2n) is 7.10. The Morgan fingerprint density at radius 2 is 1.95 bits per heavy atom. The van der Waals surface area contributed by atoms with Gasteiger partial charge in [0.15, 0.2) is 0 Å². The maximum atomic E-state index is 12.7. The molecule has 7 heteroatoms. The Bertz CT molecular complexity index is 582. The fraction of sp³-hybridized carbons (Fsp3) is 0.733. The van der Waals surface area contributed by atoms with E-state index in [-0.39, 0.29) is 29.6 Å². The minimum absolute atomic E-state index is 0.120. The molecule has 1 unspecified atom stereocenters. The summed E-state index contributed by atoms with van der Waals surface area (Å²) in [5, 5.41) is 3.82. The first-order valence-electron chi connectivity index (χ1n) is 7.41. The number of carbonyl (C=O) groups excluding carboxylic acids is 1. The van der Waals surface area contributed by atoms with E-state index < -0.39 is 12.0 Å². The summed E-state index contributed by atoms with van der Waals surface area (Å²) in [6.07, 6.45) is -2.96. The number of aromatic nitrogens is 1. The van der Waals surface area contributed by atoms with Crippen LogP contribution in [0, 0.1) is 18.8 Å². The van der Waals surface area contributed by atoms with Crippen molar-refractivity contribution < 1.29 is 22.8 Å². The van der Waals surface area contributed by atoms with E-state index >= 15 is 0 Å². The average molecular weight is 314 g/mol. The normalized spacial score (nSPS) is 27.2. The van der Waals surface area contributed by atoms with Gasteiger partial charge >= 0.3 is 6.09 Å². The van der Waals surface area contributed by atoms with Crippen LogP contribution < -0.4 is 0 Å². The standard InChI is InChI=1S/C15H20F2N2O3/c1-7-11(18-22-12(7)13(16)17)10-8-5-19(6-9(8)10)14(20)21-15(2,3)4/h8-10,13H,5-6H2,1-4H3/t8-,9+,10?. The highest BCUT2D eigenvalue weighted by molar-refractivity contribution is 5.69. The summed E-state index contributed by atoms with van der Waals surface area (Å²) in [6, 6.07) is 0. The molecule has 1 aliphatic carbocycles. The third-order valence-electron chi connectivity index (χ3n) is 4.36.